The number of hydrogen-bond acceptors (Lipinski definition) is 2. The number of carbonyl (C=O) groups is 1. The lowest BCUT2D eigenvalue weighted by atomic mass is 9.62. The molecule has 0 radical (unpaired) electrons. The van der Waals surface area contributed by atoms with E-state index in [1.54, 1.807) is 12.1 Å². The van der Waals surface area contributed by atoms with Crippen molar-refractivity contribution in [3.8, 4) is 0 Å². The molecule has 5 heteroatoms. The number of fused-ring (bicyclic) bond motifs is 1. The van der Waals surface area contributed by atoms with E-state index < -0.39 is 0 Å². The first-order valence-electron chi connectivity index (χ1n) is 11.9. The van der Waals surface area contributed by atoms with Crippen LogP contribution in [-0.2, 0) is 23.7 Å². The molecule has 3 nitrogen and oxygen atoms in total. The van der Waals surface area contributed by atoms with Crippen LogP contribution < -0.4 is 5.32 Å². The van der Waals surface area contributed by atoms with Crippen LogP contribution in [0.25, 0.3) is 0 Å². The van der Waals surface area contributed by atoms with E-state index in [0.29, 0.717) is 35.2 Å². The number of hydrogen-bond donors (Lipinski definition) is 1. The third-order valence-electron chi connectivity index (χ3n) is 7.24. The van der Waals surface area contributed by atoms with Gasteiger partial charge in [0.1, 0.15) is 5.76 Å². The maximum absolute atomic E-state index is 12.6. The molecule has 1 amide bonds. The van der Waals surface area contributed by atoms with E-state index in [2.05, 4.69) is 52.1 Å². The number of benzene rings is 2. The summed E-state index contributed by atoms with van der Waals surface area (Å²) < 4.78 is 5.93. The van der Waals surface area contributed by atoms with Crippen LogP contribution in [0.2, 0.25) is 10.0 Å². The summed E-state index contributed by atoms with van der Waals surface area (Å²) in [6, 6.07) is 13.9. The van der Waals surface area contributed by atoms with E-state index in [4.69, 9.17) is 27.6 Å². The molecule has 0 spiro atoms. The van der Waals surface area contributed by atoms with E-state index in [1.165, 1.54) is 35.1 Å². The zero-order chi connectivity index (χ0) is 24.7. The van der Waals surface area contributed by atoms with Gasteiger partial charge in [0.2, 0.25) is 0 Å². The Kier molecular flexibility index (Phi) is 6.90. The smallest absolute Gasteiger partial charge is 0.287 e. The van der Waals surface area contributed by atoms with Crippen molar-refractivity contribution >= 4 is 29.1 Å². The fraction of sp³-hybridized carbons (Fsp3) is 0.414. The molecular weight excluding hydrogens is 465 g/mol. The van der Waals surface area contributed by atoms with E-state index in [9.17, 15) is 4.79 Å². The maximum Gasteiger partial charge on any atom is 0.287 e. The van der Waals surface area contributed by atoms with Crippen molar-refractivity contribution in [3.63, 3.8) is 0 Å². The largest absolute Gasteiger partial charge is 0.456 e. The third kappa shape index (κ3) is 5.21. The predicted molar refractivity (Wildman–Crippen MR) is 140 cm³/mol. The number of carbonyl (C=O) groups excluding carboxylic acids is 1. The van der Waals surface area contributed by atoms with E-state index in [1.807, 2.05) is 18.2 Å². The zero-order valence-corrected chi connectivity index (χ0v) is 22.2. The Morgan fingerprint density at radius 1 is 0.941 bits per heavy atom. The van der Waals surface area contributed by atoms with Gasteiger partial charge in [-0.15, -0.1) is 0 Å². The summed E-state index contributed by atoms with van der Waals surface area (Å²) in [6.07, 6.45) is 3.72. The minimum Gasteiger partial charge on any atom is -0.456 e. The van der Waals surface area contributed by atoms with Crippen molar-refractivity contribution in [1.82, 2.24) is 5.32 Å². The Bertz CT molecular complexity index is 1220. The van der Waals surface area contributed by atoms with Crippen LogP contribution in [0.3, 0.4) is 0 Å². The first kappa shape index (κ1) is 24.9. The summed E-state index contributed by atoms with van der Waals surface area (Å²) in [5.74, 6) is 0.920. The van der Waals surface area contributed by atoms with Crippen molar-refractivity contribution in [3.05, 3.63) is 91.8 Å². The van der Waals surface area contributed by atoms with E-state index >= 15 is 0 Å². The number of halogens is 2. The average molecular weight is 498 g/mol. The van der Waals surface area contributed by atoms with Crippen LogP contribution >= 0.6 is 23.2 Å². The second-order valence-corrected chi connectivity index (χ2v) is 11.6. The molecule has 0 fully saturated rings. The summed E-state index contributed by atoms with van der Waals surface area (Å²) in [4.78, 5) is 12.6. The van der Waals surface area contributed by atoms with Crippen LogP contribution in [-0.4, -0.2) is 12.5 Å². The first-order valence-corrected chi connectivity index (χ1v) is 12.7. The van der Waals surface area contributed by atoms with Crippen LogP contribution in [0.5, 0.6) is 0 Å². The normalized spacial score (nSPS) is 16.2. The Balaban J connectivity index is 1.43. The first-order chi connectivity index (χ1) is 16.0. The molecule has 0 saturated heterocycles. The molecular formula is C29H33Cl2NO2. The molecule has 1 heterocycles. The summed E-state index contributed by atoms with van der Waals surface area (Å²) in [5.41, 5.74) is 6.81. The van der Waals surface area contributed by atoms with Gasteiger partial charge in [0.15, 0.2) is 5.76 Å². The van der Waals surface area contributed by atoms with Gasteiger partial charge in [-0.2, -0.15) is 0 Å². The van der Waals surface area contributed by atoms with Gasteiger partial charge in [0.05, 0.1) is 10.0 Å². The van der Waals surface area contributed by atoms with Crippen molar-refractivity contribution in [2.45, 2.75) is 71.1 Å². The standard InChI is InChI=1S/C29H33Cl2NO2/c1-18-14-22-23(29(4,5)12-11-28(22,2)3)17-20(18)16-21-7-9-26(34-21)27(33)32-13-10-19-6-8-24(30)25(31)15-19/h6-9,14-15,17H,10-13,16H2,1-5H3,(H,32,33). The van der Waals surface area contributed by atoms with E-state index in [-0.39, 0.29) is 16.7 Å². The van der Waals surface area contributed by atoms with Gasteiger partial charge in [-0.1, -0.05) is 69.1 Å². The molecule has 1 aromatic heterocycles. The van der Waals surface area contributed by atoms with Gasteiger partial charge < -0.3 is 9.73 Å². The van der Waals surface area contributed by atoms with E-state index in [0.717, 1.165) is 11.3 Å². The molecule has 4 rings (SSSR count). The maximum atomic E-state index is 12.6. The Labute approximate surface area is 212 Å². The SMILES string of the molecule is Cc1cc2c(cc1Cc1ccc(C(=O)NCCc3ccc(Cl)c(Cl)c3)o1)C(C)(C)CCC2(C)C. The fourth-order valence-electron chi connectivity index (χ4n) is 4.84. The summed E-state index contributed by atoms with van der Waals surface area (Å²) in [5, 5.41) is 3.97. The Hall–Kier alpha value is -2.23. The molecule has 180 valence electrons. The lowest BCUT2D eigenvalue weighted by molar-refractivity contribution is 0.0925. The molecule has 0 bridgehead atoms. The molecule has 0 saturated carbocycles. The van der Waals surface area contributed by atoms with Gasteiger partial charge in [0, 0.05) is 13.0 Å². The highest BCUT2D eigenvalue weighted by atomic mass is 35.5. The van der Waals surface area contributed by atoms with Crippen molar-refractivity contribution < 1.29 is 9.21 Å². The highest BCUT2D eigenvalue weighted by Crippen LogP contribution is 2.46. The molecule has 3 aromatic rings. The molecule has 0 aliphatic heterocycles. The number of furan rings is 1. The molecule has 2 aromatic carbocycles. The van der Waals surface area contributed by atoms with Gasteiger partial charge in [-0.3, -0.25) is 4.79 Å². The zero-order valence-electron chi connectivity index (χ0n) is 20.6. The highest BCUT2D eigenvalue weighted by molar-refractivity contribution is 6.42. The Morgan fingerprint density at radius 2 is 1.62 bits per heavy atom. The van der Waals surface area contributed by atoms with Gasteiger partial charge >= 0.3 is 0 Å². The molecule has 1 aliphatic carbocycles. The topological polar surface area (TPSA) is 42.2 Å². The number of nitrogens with one attached hydrogen (secondary N) is 1. The highest BCUT2D eigenvalue weighted by Gasteiger charge is 2.37. The van der Waals surface area contributed by atoms with Crippen LogP contribution in [0, 0.1) is 6.92 Å². The minimum absolute atomic E-state index is 0.163. The third-order valence-corrected chi connectivity index (χ3v) is 7.98. The average Bonchev–Trinajstić information content (AvgIpc) is 3.24. The molecule has 1 aliphatic rings. The van der Waals surface area contributed by atoms with Crippen molar-refractivity contribution in [2.75, 3.05) is 6.54 Å². The summed E-state index contributed by atoms with van der Waals surface area (Å²) in [7, 11) is 0. The second kappa shape index (κ2) is 9.43. The van der Waals surface area contributed by atoms with Gasteiger partial charge in [-0.25, -0.2) is 0 Å². The van der Waals surface area contributed by atoms with Gasteiger partial charge in [-0.05, 0) is 89.1 Å². The summed E-state index contributed by atoms with van der Waals surface area (Å²) in [6.45, 7) is 12.0. The number of rotatable bonds is 6. The van der Waals surface area contributed by atoms with Crippen molar-refractivity contribution in [2.24, 2.45) is 0 Å². The predicted octanol–water partition coefficient (Wildman–Crippen LogP) is 7.81. The lowest BCUT2D eigenvalue weighted by Gasteiger charge is -2.42. The van der Waals surface area contributed by atoms with Crippen LogP contribution in [0.15, 0.2) is 46.9 Å². The molecule has 0 unspecified atom stereocenters. The van der Waals surface area contributed by atoms with Gasteiger partial charge in [0.25, 0.3) is 5.91 Å². The number of amides is 1. The molecule has 1 N–H and O–H groups in total. The molecule has 34 heavy (non-hydrogen) atoms. The monoisotopic (exact) mass is 497 g/mol. The van der Waals surface area contributed by atoms with Crippen LogP contribution in [0.1, 0.15) is 84.7 Å². The van der Waals surface area contributed by atoms with Crippen LogP contribution in [0.4, 0.5) is 0 Å². The van der Waals surface area contributed by atoms with Crippen molar-refractivity contribution in [1.29, 1.82) is 0 Å². The quantitative estimate of drug-likeness (QED) is 0.377. The Morgan fingerprint density at radius 3 is 2.29 bits per heavy atom. The summed E-state index contributed by atoms with van der Waals surface area (Å²) >= 11 is 12.0. The minimum atomic E-state index is -0.212. The fourth-order valence-corrected chi connectivity index (χ4v) is 5.16. The number of aryl methyl sites for hydroxylation is 1. The molecule has 0 atom stereocenters. The second-order valence-electron chi connectivity index (χ2n) is 10.8. The lowest BCUT2D eigenvalue weighted by Crippen LogP contribution is -2.34.